The Labute approximate surface area is 146 Å². The van der Waals surface area contributed by atoms with Gasteiger partial charge in [0.15, 0.2) is 0 Å². The summed E-state index contributed by atoms with van der Waals surface area (Å²) in [6.45, 7) is 1.97. The molecule has 3 rings (SSSR count). The highest BCUT2D eigenvalue weighted by Crippen LogP contribution is 2.31. The number of benzene rings is 1. The van der Waals surface area contributed by atoms with Gasteiger partial charge in [-0.25, -0.2) is 4.79 Å². The lowest BCUT2D eigenvalue weighted by molar-refractivity contribution is -0.125. The van der Waals surface area contributed by atoms with Gasteiger partial charge in [0.25, 0.3) is 5.91 Å². The van der Waals surface area contributed by atoms with E-state index in [0.717, 1.165) is 11.1 Å². The van der Waals surface area contributed by atoms with E-state index >= 15 is 0 Å². The van der Waals surface area contributed by atoms with Crippen LogP contribution < -0.4 is 20.7 Å². The molecule has 1 aromatic carbocycles. The molecule has 2 aliphatic rings. The maximum atomic E-state index is 12.4. The molecular weight excluding hydrogens is 322 g/mol. The van der Waals surface area contributed by atoms with Crippen LogP contribution in [0.5, 0.6) is 5.75 Å². The molecule has 4 amide bonds. The molecule has 0 bridgehead atoms. The Kier molecular flexibility index (Phi) is 4.65. The summed E-state index contributed by atoms with van der Waals surface area (Å²) in [5, 5.41) is 8.05. The lowest BCUT2D eigenvalue weighted by Gasteiger charge is -2.34. The fourth-order valence-corrected chi connectivity index (χ4v) is 3.63. The molecule has 0 aromatic heterocycles. The van der Waals surface area contributed by atoms with Crippen LogP contribution in [-0.2, 0) is 16.0 Å². The number of carbonyl (C=O) groups excluding carboxylic acids is 3. The van der Waals surface area contributed by atoms with Gasteiger partial charge in [0.05, 0.1) is 13.5 Å². The van der Waals surface area contributed by atoms with Crippen molar-refractivity contribution in [3.05, 3.63) is 29.3 Å². The van der Waals surface area contributed by atoms with E-state index in [1.807, 2.05) is 25.1 Å². The van der Waals surface area contributed by atoms with Crippen molar-refractivity contribution in [1.29, 1.82) is 0 Å². The van der Waals surface area contributed by atoms with E-state index in [2.05, 4.69) is 16.0 Å². The Morgan fingerprint density at radius 2 is 2.04 bits per heavy atom. The van der Waals surface area contributed by atoms with Crippen LogP contribution in [0.1, 0.15) is 36.8 Å². The lowest BCUT2D eigenvalue weighted by Crippen LogP contribution is -2.52. The number of ether oxygens (including phenoxy) is 1. The summed E-state index contributed by atoms with van der Waals surface area (Å²) in [5.41, 5.74) is 1.14. The quantitative estimate of drug-likeness (QED) is 0.714. The van der Waals surface area contributed by atoms with Crippen molar-refractivity contribution in [2.75, 3.05) is 7.11 Å². The third-order valence-electron chi connectivity index (χ3n) is 5.01. The number of carbonyl (C=O) groups is 3. The Morgan fingerprint density at radius 1 is 1.32 bits per heavy atom. The molecule has 1 heterocycles. The summed E-state index contributed by atoms with van der Waals surface area (Å²) in [6.07, 6.45) is 2.63. The third kappa shape index (κ3) is 3.60. The van der Waals surface area contributed by atoms with Crippen LogP contribution in [0.25, 0.3) is 0 Å². The van der Waals surface area contributed by atoms with Crippen molar-refractivity contribution < 1.29 is 19.1 Å². The second kappa shape index (κ2) is 6.74. The monoisotopic (exact) mass is 345 g/mol. The number of nitrogens with one attached hydrogen (secondary N) is 3. The molecule has 7 nitrogen and oxygen atoms in total. The number of hydrogen-bond donors (Lipinski definition) is 3. The van der Waals surface area contributed by atoms with Crippen LogP contribution in [0.2, 0.25) is 0 Å². The smallest absolute Gasteiger partial charge is 0.322 e. The average molecular weight is 345 g/mol. The number of urea groups is 1. The van der Waals surface area contributed by atoms with Crippen LogP contribution in [0.4, 0.5) is 4.79 Å². The van der Waals surface area contributed by atoms with Crippen molar-refractivity contribution in [2.24, 2.45) is 0 Å². The molecule has 0 unspecified atom stereocenters. The van der Waals surface area contributed by atoms with Gasteiger partial charge in [0.1, 0.15) is 11.3 Å². The first-order valence-electron chi connectivity index (χ1n) is 8.48. The molecular formula is C18H23N3O4. The summed E-state index contributed by atoms with van der Waals surface area (Å²) >= 11 is 0. The molecule has 1 saturated heterocycles. The summed E-state index contributed by atoms with van der Waals surface area (Å²) in [5.74, 6) is 0.380. The molecule has 1 spiro atoms. The zero-order valence-corrected chi connectivity index (χ0v) is 14.5. The first kappa shape index (κ1) is 17.3. The van der Waals surface area contributed by atoms with E-state index in [1.165, 1.54) is 0 Å². The van der Waals surface area contributed by atoms with Gasteiger partial charge in [-0.1, -0.05) is 17.7 Å². The van der Waals surface area contributed by atoms with E-state index in [4.69, 9.17) is 4.74 Å². The minimum absolute atomic E-state index is 0.0132. The predicted octanol–water partition coefficient (Wildman–Crippen LogP) is 1.18. The maximum Gasteiger partial charge on any atom is 0.322 e. The van der Waals surface area contributed by atoms with Gasteiger partial charge < -0.3 is 15.4 Å². The van der Waals surface area contributed by atoms with E-state index < -0.39 is 11.6 Å². The van der Waals surface area contributed by atoms with Crippen LogP contribution in [0, 0.1) is 6.92 Å². The molecule has 2 fully saturated rings. The number of rotatable bonds is 4. The molecule has 0 atom stereocenters. The molecule has 0 radical (unpaired) electrons. The maximum absolute atomic E-state index is 12.4. The number of imide groups is 1. The second-order valence-electron chi connectivity index (χ2n) is 6.82. The molecule has 7 heteroatoms. The van der Waals surface area contributed by atoms with Crippen molar-refractivity contribution in [3.8, 4) is 5.75 Å². The zero-order valence-electron chi connectivity index (χ0n) is 14.5. The molecule has 1 aliphatic heterocycles. The Hall–Kier alpha value is -2.57. The van der Waals surface area contributed by atoms with E-state index in [-0.39, 0.29) is 24.3 Å². The van der Waals surface area contributed by atoms with Crippen molar-refractivity contribution in [3.63, 3.8) is 0 Å². The minimum Gasteiger partial charge on any atom is -0.496 e. The molecule has 25 heavy (non-hydrogen) atoms. The Bertz CT molecular complexity index is 708. The minimum atomic E-state index is -0.794. The fraction of sp³-hybridized carbons (Fsp3) is 0.500. The van der Waals surface area contributed by atoms with Crippen molar-refractivity contribution in [2.45, 2.75) is 50.6 Å². The lowest BCUT2D eigenvalue weighted by atomic mass is 9.79. The number of amides is 4. The SMILES string of the molecule is COc1ccc(C)cc1CC(=O)NC1CCC2(CC1)NC(=O)NC2=O. The van der Waals surface area contributed by atoms with Crippen molar-refractivity contribution in [1.82, 2.24) is 16.0 Å². The van der Waals surface area contributed by atoms with Gasteiger partial charge in [-0.05, 0) is 38.7 Å². The van der Waals surface area contributed by atoms with Crippen LogP contribution in [0.3, 0.4) is 0 Å². The van der Waals surface area contributed by atoms with Gasteiger partial charge in [0.2, 0.25) is 5.91 Å². The molecule has 1 saturated carbocycles. The van der Waals surface area contributed by atoms with Crippen LogP contribution in [-0.4, -0.2) is 36.5 Å². The summed E-state index contributed by atoms with van der Waals surface area (Å²) in [6, 6.07) is 5.34. The van der Waals surface area contributed by atoms with Crippen LogP contribution in [0.15, 0.2) is 18.2 Å². The molecule has 1 aliphatic carbocycles. The van der Waals surface area contributed by atoms with E-state index in [9.17, 15) is 14.4 Å². The Morgan fingerprint density at radius 3 is 2.64 bits per heavy atom. The second-order valence-corrected chi connectivity index (χ2v) is 6.82. The topological polar surface area (TPSA) is 96.5 Å². The highest BCUT2D eigenvalue weighted by Gasteiger charge is 2.48. The largest absolute Gasteiger partial charge is 0.496 e. The van der Waals surface area contributed by atoms with Gasteiger partial charge >= 0.3 is 6.03 Å². The van der Waals surface area contributed by atoms with Crippen molar-refractivity contribution >= 4 is 17.8 Å². The molecule has 1 aromatic rings. The fourth-order valence-electron chi connectivity index (χ4n) is 3.63. The van der Waals surface area contributed by atoms with Gasteiger partial charge in [-0.2, -0.15) is 0 Å². The van der Waals surface area contributed by atoms with Gasteiger partial charge in [-0.3, -0.25) is 14.9 Å². The summed E-state index contributed by atoms with van der Waals surface area (Å²) in [4.78, 5) is 35.7. The van der Waals surface area contributed by atoms with Crippen LogP contribution >= 0.6 is 0 Å². The molecule has 134 valence electrons. The Balaban J connectivity index is 1.56. The highest BCUT2D eigenvalue weighted by atomic mass is 16.5. The highest BCUT2D eigenvalue weighted by molar-refractivity contribution is 6.07. The normalized spacial score (nSPS) is 25.4. The summed E-state index contributed by atoms with van der Waals surface area (Å²) in [7, 11) is 1.59. The van der Waals surface area contributed by atoms with E-state index in [0.29, 0.717) is 31.4 Å². The average Bonchev–Trinajstić information content (AvgIpc) is 2.83. The first-order valence-corrected chi connectivity index (χ1v) is 8.48. The summed E-state index contributed by atoms with van der Waals surface area (Å²) < 4.78 is 5.31. The number of methoxy groups -OCH3 is 1. The standard InChI is InChI=1S/C18H23N3O4/c1-11-3-4-14(25-2)12(9-11)10-15(22)19-13-5-7-18(8-6-13)16(23)20-17(24)21-18/h3-4,9,13H,5-8,10H2,1-2H3,(H,19,22)(H2,20,21,23,24). The van der Waals surface area contributed by atoms with Gasteiger partial charge in [-0.15, -0.1) is 0 Å². The van der Waals surface area contributed by atoms with E-state index in [1.54, 1.807) is 7.11 Å². The first-order chi connectivity index (χ1) is 11.9. The zero-order chi connectivity index (χ0) is 18.0. The molecule has 3 N–H and O–H groups in total. The number of hydrogen-bond acceptors (Lipinski definition) is 4. The third-order valence-corrected chi connectivity index (χ3v) is 5.01. The predicted molar refractivity (Wildman–Crippen MR) is 91.2 cm³/mol. The van der Waals surface area contributed by atoms with Gasteiger partial charge in [0, 0.05) is 11.6 Å². The number of aryl methyl sites for hydroxylation is 1.